The Hall–Kier alpha value is -1.88. The van der Waals surface area contributed by atoms with Gasteiger partial charge in [-0.2, -0.15) is 5.10 Å². The van der Waals surface area contributed by atoms with Gasteiger partial charge in [0.2, 0.25) is 0 Å². The van der Waals surface area contributed by atoms with Crippen molar-refractivity contribution in [2.24, 2.45) is 5.10 Å². The van der Waals surface area contributed by atoms with Crippen LogP contribution in [0, 0.1) is 6.92 Å². The van der Waals surface area contributed by atoms with Crippen LogP contribution in [-0.4, -0.2) is 18.2 Å². The highest BCUT2D eigenvalue weighted by atomic mass is 32.1. The van der Waals surface area contributed by atoms with Gasteiger partial charge in [0.25, 0.3) is 0 Å². The minimum Gasteiger partial charge on any atom is -0.316 e. The lowest BCUT2D eigenvalue weighted by Crippen LogP contribution is -2.08. The first-order chi connectivity index (χ1) is 8.16. The van der Waals surface area contributed by atoms with Crippen LogP contribution in [-0.2, 0) is 0 Å². The number of aryl methyl sites for hydroxylation is 1. The van der Waals surface area contributed by atoms with Gasteiger partial charge in [-0.05, 0) is 19.1 Å². The molecule has 88 valence electrons. The Balaban J connectivity index is 2.16. The van der Waals surface area contributed by atoms with E-state index in [-0.39, 0.29) is 4.87 Å². The first-order valence-electron chi connectivity index (χ1n) is 5.19. The fraction of sp³-hybridized carbons (Fsp3) is 0.167. The van der Waals surface area contributed by atoms with E-state index in [4.69, 9.17) is 0 Å². The summed E-state index contributed by atoms with van der Waals surface area (Å²) >= 11 is 1.16. The van der Waals surface area contributed by atoms with Crippen molar-refractivity contribution in [1.82, 2.24) is 4.98 Å². The Kier molecular flexibility index (Phi) is 3.39. The van der Waals surface area contributed by atoms with Crippen molar-refractivity contribution in [3.05, 3.63) is 50.6 Å². The molecule has 0 fully saturated rings. The largest absolute Gasteiger partial charge is 0.316 e. The molecule has 0 aliphatic carbocycles. The first kappa shape index (κ1) is 11.6. The SMILES string of the molecule is Cc1[nH]c(=O)sc1/C=N/N(C)c1ccccc1. The first-order valence-corrected chi connectivity index (χ1v) is 6.01. The number of benzene rings is 1. The van der Waals surface area contributed by atoms with Gasteiger partial charge in [-0.3, -0.25) is 9.80 Å². The fourth-order valence-electron chi connectivity index (χ4n) is 1.39. The number of thiazole rings is 1. The monoisotopic (exact) mass is 247 g/mol. The van der Waals surface area contributed by atoms with Gasteiger partial charge < -0.3 is 4.98 Å². The maximum Gasteiger partial charge on any atom is 0.305 e. The van der Waals surface area contributed by atoms with E-state index >= 15 is 0 Å². The minimum atomic E-state index is -0.0497. The molecule has 17 heavy (non-hydrogen) atoms. The number of nitrogens with zero attached hydrogens (tertiary/aromatic N) is 2. The van der Waals surface area contributed by atoms with Crippen molar-refractivity contribution >= 4 is 23.2 Å². The zero-order chi connectivity index (χ0) is 12.3. The Morgan fingerprint density at radius 2 is 2.06 bits per heavy atom. The molecule has 1 aromatic heterocycles. The van der Waals surface area contributed by atoms with Gasteiger partial charge in [-0.1, -0.05) is 29.5 Å². The average molecular weight is 247 g/mol. The summed E-state index contributed by atoms with van der Waals surface area (Å²) in [5.41, 5.74) is 1.86. The summed E-state index contributed by atoms with van der Waals surface area (Å²) in [6.45, 7) is 1.86. The molecule has 2 aromatic rings. The van der Waals surface area contributed by atoms with E-state index in [1.807, 2.05) is 44.3 Å². The van der Waals surface area contributed by atoms with Crippen LogP contribution in [0.3, 0.4) is 0 Å². The number of hydrogen-bond acceptors (Lipinski definition) is 4. The van der Waals surface area contributed by atoms with E-state index in [1.165, 1.54) is 0 Å². The van der Waals surface area contributed by atoms with Crippen molar-refractivity contribution in [2.75, 3.05) is 12.1 Å². The molecule has 4 nitrogen and oxygen atoms in total. The summed E-state index contributed by atoms with van der Waals surface area (Å²) in [7, 11) is 1.87. The smallest absolute Gasteiger partial charge is 0.305 e. The van der Waals surface area contributed by atoms with E-state index in [9.17, 15) is 4.79 Å². The van der Waals surface area contributed by atoms with Gasteiger partial charge >= 0.3 is 4.87 Å². The van der Waals surface area contributed by atoms with Crippen LogP contribution >= 0.6 is 11.3 Å². The maximum absolute atomic E-state index is 11.1. The standard InChI is InChI=1S/C12H13N3OS/c1-9-11(17-12(16)14-9)8-13-15(2)10-6-4-3-5-7-10/h3-8H,1-2H3,(H,14,16)/b13-8+. The molecule has 0 spiro atoms. The average Bonchev–Trinajstić information content (AvgIpc) is 2.66. The van der Waals surface area contributed by atoms with E-state index in [0.717, 1.165) is 27.6 Å². The third kappa shape index (κ3) is 2.82. The number of rotatable bonds is 3. The van der Waals surface area contributed by atoms with E-state index < -0.39 is 0 Å². The third-order valence-corrected chi connectivity index (χ3v) is 3.26. The van der Waals surface area contributed by atoms with Gasteiger partial charge in [-0.15, -0.1) is 0 Å². The zero-order valence-corrected chi connectivity index (χ0v) is 10.5. The quantitative estimate of drug-likeness (QED) is 0.668. The topological polar surface area (TPSA) is 48.5 Å². The van der Waals surface area contributed by atoms with Crippen LogP contribution in [0.25, 0.3) is 0 Å². The molecule has 0 amide bonds. The molecular formula is C12H13N3OS. The number of aromatic nitrogens is 1. The molecule has 1 aromatic carbocycles. The van der Waals surface area contributed by atoms with Crippen LogP contribution in [0.5, 0.6) is 0 Å². The second-order valence-corrected chi connectivity index (χ2v) is 4.62. The molecule has 0 saturated carbocycles. The Morgan fingerprint density at radius 3 is 2.65 bits per heavy atom. The molecule has 0 aliphatic heterocycles. The molecule has 0 radical (unpaired) electrons. The molecule has 2 rings (SSSR count). The third-order valence-electron chi connectivity index (χ3n) is 2.34. The normalized spacial score (nSPS) is 10.9. The highest BCUT2D eigenvalue weighted by Gasteiger charge is 2.01. The van der Waals surface area contributed by atoms with Crippen LogP contribution in [0.15, 0.2) is 40.2 Å². The summed E-state index contributed by atoms with van der Waals surface area (Å²) in [5.74, 6) is 0. The van der Waals surface area contributed by atoms with Crippen molar-refractivity contribution in [3.8, 4) is 0 Å². The van der Waals surface area contributed by atoms with Crippen LogP contribution < -0.4 is 9.88 Å². The van der Waals surface area contributed by atoms with Gasteiger partial charge in [0.15, 0.2) is 0 Å². The molecular weight excluding hydrogens is 234 g/mol. The number of nitrogens with one attached hydrogen (secondary N) is 1. The van der Waals surface area contributed by atoms with Crippen LogP contribution in [0.2, 0.25) is 0 Å². The summed E-state index contributed by atoms with van der Waals surface area (Å²) < 4.78 is 0. The van der Waals surface area contributed by atoms with Crippen molar-refractivity contribution in [3.63, 3.8) is 0 Å². The highest BCUT2D eigenvalue weighted by molar-refractivity contribution is 7.11. The number of hydrogen-bond donors (Lipinski definition) is 1. The molecule has 1 N–H and O–H groups in total. The minimum absolute atomic E-state index is 0.0497. The predicted octanol–water partition coefficient (Wildman–Crippen LogP) is 2.22. The lowest BCUT2D eigenvalue weighted by molar-refractivity contribution is 1.02. The summed E-state index contributed by atoms with van der Waals surface area (Å²) in [5, 5.41) is 6.07. The van der Waals surface area contributed by atoms with Crippen molar-refractivity contribution in [2.45, 2.75) is 6.92 Å². The zero-order valence-electron chi connectivity index (χ0n) is 9.68. The molecule has 0 saturated heterocycles. The number of aromatic amines is 1. The van der Waals surface area contributed by atoms with Gasteiger partial charge in [0.1, 0.15) is 0 Å². The maximum atomic E-state index is 11.1. The second kappa shape index (κ2) is 4.97. The van der Waals surface area contributed by atoms with Gasteiger partial charge in [-0.25, -0.2) is 0 Å². The van der Waals surface area contributed by atoms with Crippen LogP contribution in [0.4, 0.5) is 5.69 Å². The molecule has 0 atom stereocenters. The number of H-pyrrole nitrogens is 1. The van der Waals surface area contributed by atoms with Crippen molar-refractivity contribution < 1.29 is 0 Å². The molecule has 0 bridgehead atoms. The number of hydrazone groups is 1. The predicted molar refractivity (Wildman–Crippen MR) is 72.1 cm³/mol. The highest BCUT2D eigenvalue weighted by Crippen LogP contribution is 2.11. The van der Waals surface area contributed by atoms with E-state index in [0.29, 0.717) is 0 Å². The molecule has 5 heteroatoms. The number of para-hydroxylation sites is 1. The lowest BCUT2D eigenvalue weighted by atomic mass is 10.3. The summed E-state index contributed by atoms with van der Waals surface area (Å²) in [6, 6.07) is 9.83. The van der Waals surface area contributed by atoms with E-state index in [1.54, 1.807) is 11.2 Å². The van der Waals surface area contributed by atoms with E-state index in [2.05, 4.69) is 10.1 Å². The van der Waals surface area contributed by atoms with Crippen LogP contribution in [0.1, 0.15) is 10.6 Å². The Labute approximate surface area is 103 Å². The van der Waals surface area contributed by atoms with Crippen molar-refractivity contribution in [1.29, 1.82) is 0 Å². The van der Waals surface area contributed by atoms with Gasteiger partial charge in [0, 0.05) is 12.7 Å². The lowest BCUT2D eigenvalue weighted by Gasteiger charge is -2.11. The summed E-state index contributed by atoms with van der Waals surface area (Å²) in [4.78, 5) is 14.6. The number of anilines is 1. The summed E-state index contributed by atoms with van der Waals surface area (Å²) in [6.07, 6.45) is 1.70. The Morgan fingerprint density at radius 1 is 1.35 bits per heavy atom. The fourth-order valence-corrected chi connectivity index (χ4v) is 2.10. The van der Waals surface area contributed by atoms with Gasteiger partial charge in [0.05, 0.1) is 16.8 Å². The Bertz CT molecular complexity index is 571. The molecule has 0 unspecified atom stereocenters. The molecule has 0 aliphatic rings. The second-order valence-electron chi connectivity index (χ2n) is 3.61. The molecule has 1 heterocycles.